The third-order valence-electron chi connectivity index (χ3n) is 9.65. The molecule has 0 N–H and O–H groups in total. The van der Waals surface area contributed by atoms with Crippen LogP contribution in [0, 0.1) is 0 Å². The van der Waals surface area contributed by atoms with Crippen LogP contribution in [0.1, 0.15) is 33.4 Å². The van der Waals surface area contributed by atoms with Crippen molar-refractivity contribution in [1.29, 1.82) is 0 Å². The number of ether oxygens (including phenoxy) is 6. The predicted molar refractivity (Wildman–Crippen MR) is 210 cm³/mol. The maximum atomic E-state index is 6.98. The fraction of sp³-hybridized carbons (Fsp3) is 0.250. The van der Waals surface area contributed by atoms with Gasteiger partial charge in [0.05, 0.1) is 39.6 Å². The Morgan fingerprint density at radius 3 is 0.463 bits per heavy atom. The second-order valence-electron chi connectivity index (χ2n) is 13.6. The van der Waals surface area contributed by atoms with E-state index in [1.54, 1.807) is 0 Å². The lowest BCUT2D eigenvalue weighted by molar-refractivity contribution is -0.292. The molecule has 7 rings (SSSR count). The Labute approximate surface area is 319 Å². The first-order chi connectivity index (χ1) is 26.8. The summed E-state index contributed by atoms with van der Waals surface area (Å²) in [5.74, 6) is 0. The zero-order valence-corrected chi connectivity index (χ0v) is 30.5. The molecule has 0 unspecified atom stereocenters. The Kier molecular flexibility index (Phi) is 13.8. The smallest absolute Gasteiger partial charge is 0.116 e. The van der Waals surface area contributed by atoms with E-state index in [-0.39, 0.29) is 0 Å². The first-order valence-corrected chi connectivity index (χ1v) is 18.7. The second kappa shape index (κ2) is 20.0. The number of hydrogen-bond donors (Lipinski definition) is 0. The number of rotatable bonds is 18. The van der Waals surface area contributed by atoms with Crippen molar-refractivity contribution >= 4 is 0 Å². The minimum atomic E-state index is -0.587. The van der Waals surface area contributed by atoms with E-state index in [0.717, 1.165) is 33.4 Å². The summed E-state index contributed by atoms with van der Waals surface area (Å²) in [5, 5.41) is 0. The molecule has 0 bridgehead atoms. The van der Waals surface area contributed by atoms with Gasteiger partial charge in [-0.2, -0.15) is 0 Å². The molecule has 0 radical (unpaired) electrons. The van der Waals surface area contributed by atoms with Crippen molar-refractivity contribution in [1.82, 2.24) is 0 Å². The highest BCUT2D eigenvalue weighted by atomic mass is 16.6. The van der Waals surface area contributed by atoms with Gasteiger partial charge in [0.1, 0.15) is 36.6 Å². The summed E-state index contributed by atoms with van der Waals surface area (Å²) < 4.78 is 41.9. The van der Waals surface area contributed by atoms with Crippen LogP contribution in [0.5, 0.6) is 0 Å². The molecule has 0 heterocycles. The molecule has 6 aromatic carbocycles. The van der Waals surface area contributed by atoms with Gasteiger partial charge in [0.2, 0.25) is 0 Å². The summed E-state index contributed by atoms with van der Waals surface area (Å²) in [6, 6.07) is 61.2. The molecule has 54 heavy (non-hydrogen) atoms. The minimum absolute atomic E-state index is 0.355. The molecule has 0 spiro atoms. The average Bonchev–Trinajstić information content (AvgIpc) is 3.24. The summed E-state index contributed by atoms with van der Waals surface area (Å²) in [6.07, 6.45) is -3.52. The van der Waals surface area contributed by atoms with Crippen LogP contribution in [0.2, 0.25) is 0 Å². The maximum Gasteiger partial charge on any atom is 0.116 e. The zero-order valence-electron chi connectivity index (χ0n) is 30.5. The van der Waals surface area contributed by atoms with Crippen molar-refractivity contribution in [2.24, 2.45) is 0 Å². The molecular formula is C48H48O6. The second-order valence-corrected chi connectivity index (χ2v) is 13.6. The minimum Gasteiger partial charge on any atom is -0.368 e. The predicted octanol–water partition coefficient (Wildman–Crippen LogP) is 9.51. The Bertz CT molecular complexity index is 1510. The summed E-state index contributed by atoms with van der Waals surface area (Å²) in [4.78, 5) is 0. The highest BCUT2D eigenvalue weighted by Gasteiger charge is 2.55. The van der Waals surface area contributed by atoms with Gasteiger partial charge in [-0.3, -0.25) is 0 Å². The summed E-state index contributed by atoms with van der Waals surface area (Å²) in [7, 11) is 0. The quantitative estimate of drug-likeness (QED) is 0.0882. The highest BCUT2D eigenvalue weighted by molar-refractivity contribution is 5.19. The number of hydrogen-bond acceptors (Lipinski definition) is 6. The highest BCUT2D eigenvalue weighted by Crippen LogP contribution is 2.37. The molecule has 6 aromatic rings. The monoisotopic (exact) mass is 720 g/mol. The molecule has 0 aliphatic heterocycles. The van der Waals surface area contributed by atoms with Gasteiger partial charge in [0.15, 0.2) is 0 Å². The molecule has 6 nitrogen and oxygen atoms in total. The maximum absolute atomic E-state index is 6.98. The van der Waals surface area contributed by atoms with Gasteiger partial charge in [0, 0.05) is 0 Å². The first-order valence-electron chi connectivity index (χ1n) is 18.7. The van der Waals surface area contributed by atoms with Crippen LogP contribution in [0.4, 0.5) is 0 Å². The van der Waals surface area contributed by atoms with Gasteiger partial charge in [0.25, 0.3) is 0 Å². The van der Waals surface area contributed by atoms with E-state index in [4.69, 9.17) is 28.4 Å². The Balaban J connectivity index is 1.30. The van der Waals surface area contributed by atoms with Crippen LogP contribution >= 0.6 is 0 Å². The molecule has 6 heteroatoms. The van der Waals surface area contributed by atoms with Gasteiger partial charge in [-0.25, -0.2) is 0 Å². The number of benzene rings is 6. The molecule has 1 aliphatic carbocycles. The van der Waals surface area contributed by atoms with Crippen molar-refractivity contribution in [2.45, 2.75) is 76.3 Å². The zero-order chi connectivity index (χ0) is 36.6. The lowest BCUT2D eigenvalue weighted by Crippen LogP contribution is -2.67. The molecule has 0 amide bonds. The molecule has 0 aromatic heterocycles. The third kappa shape index (κ3) is 10.6. The van der Waals surface area contributed by atoms with Gasteiger partial charge < -0.3 is 28.4 Å². The van der Waals surface area contributed by atoms with E-state index >= 15 is 0 Å². The van der Waals surface area contributed by atoms with E-state index in [1.165, 1.54) is 0 Å². The lowest BCUT2D eigenvalue weighted by atomic mass is 9.83. The van der Waals surface area contributed by atoms with E-state index < -0.39 is 36.6 Å². The first kappa shape index (κ1) is 37.4. The topological polar surface area (TPSA) is 55.4 Å². The molecule has 0 saturated heterocycles. The van der Waals surface area contributed by atoms with Crippen LogP contribution in [0.3, 0.4) is 0 Å². The van der Waals surface area contributed by atoms with Crippen LogP contribution < -0.4 is 0 Å². The van der Waals surface area contributed by atoms with Gasteiger partial charge in [-0.05, 0) is 33.4 Å². The van der Waals surface area contributed by atoms with Crippen LogP contribution in [-0.2, 0) is 68.1 Å². The van der Waals surface area contributed by atoms with E-state index in [1.807, 2.05) is 109 Å². The van der Waals surface area contributed by atoms with E-state index in [2.05, 4.69) is 72.8 Å². The standard InChI is InChI=1S/C48H48O6/c1-7-19-37(20-8-1)31-49-43-44(50-32-38-21-9-2-10-22-38)46(52-34-40-25-13-4-14-26-40)48(54-36-42-29-17-6-18-30-42)47(53-35-41-27-15-5-16-28-41)45(43)51-33-39-23-11-3-12-24-39/h1-30,43-48H,31-36H2. The van der Waals surface area contributed by atoms with Crippen molar-refractivity contribution in [3.8, 4) is 0 Å². The average molecular weight is 721 g/mol. The molecular weight excluding hydrogens is 673 g/mol. The molecule has 1 aliphatic rings. The van der Waals surface area contributed by atoms with Crippen LogP contribution in [0.25, 0.3) is 0 Å². The van der Waals surface area contributed by atoms with Gasteiger partial charge in [-0.15, -0.1) is 0 Å². The van der Waals surface area contributed by atoms with Gasteiger partial charge in [-0.1, -0.05) is 182 Å². The van der Waals surface area contributed by atoms with Crippen molar-refractivity contribution in [3.63, 3.8) is 0 Å². The summed E-state index contributed by atoms with van der Waals surface area (Å²) >= 11 is 0. The molecule has 1 saturated carbocycles. The van der Waals surface area contributed by atoms with Gasteiger partial charge >= 0.3 is 0 Å². The Morgan fingerprint density at radius 1 is 0.204 bits per heavy atom. The lowest BCUT2D eigenvalue weighted by Gasteiger charge is -2.49. The summed E-state index contributed by atoms with van der Waals surface area (Å²) in [5.41, 5.74) is 6.29. The fourth-order valence-electron chi connectivity index (χ4n) is 6.86. The van der Waals surface area contributed by atoms with Crippen LogP contribution in [-0.4, -0.2) is 36.6 Å². The Hall–Kier alpha value is -4.92. The normalized spacial score (nSPS) is 21.1. The Morgan fingerprint density at radius 2 is 0.333 bits per heavy atom. The largest absolute Gasteiger partial charge is 0.368 e. The van der Waals surface area contributed by atoms with Crippen molar-refractivity contribution in [2.75, 3.05) is 0 Å². The van der Waals surface area contributed by atoms with Crippen LogP contribution in [0.15, 0.2) is 182 Å². The van der Waals surface area contributed by atoms with Crippen molar-refractivity contribution in [3.05, 3.63) is 215 Å². The fourth-order valence-corrected chi connectivity index (χ4v) is 6.86. The van der Waals surface area contributed by atoms with E-state index in [9.17, 15) is 0 Å². The van der Waals surface area contributed by atoms with E-state index in [0.29, 0.717) is 39.6 Å². The molecule has 0 atom stereocenters. The summed E-state index contributed by atoms with van der Waals surface area (Å²) in [6.45, 7) is 2.13. The van der Waals surface area contributed by atoms with Crippen molar-refractivity contribution < 1.29 is 28.4 Å². The molecule has 276 valence electrons. The molecule has 1 fully saturated rings. The SMILES string of the molecule is c1ccc(COC2C(OCc3ccccc3)C(OCc3ccccc3)C(OCc3ccccc3)C(OCc3ccccc3)C2OCc2ccccc2)cc1. The third-order valence-corrected chi connectivity index (χ3v) is 9.65.